The predicted octanol–water partition coefficient (Wildman–Crippen LogP) is 2.09. The summed E-state index contributed by atoms with van der Waals surface area (Å²) in [6, 6.07) is 2.46. The SMILES string of the molecule is CCNC(Cc1cc(CC)nn1CC)c1cn(C)cn1. The number of aryl methyl sites for hydroxylation is 3. The van der Waals surface area contributed by atoms with E-state index >= 15 is 0 Å². The Labute approximate surface area is 121 Å². The molecule has 0 saturated carbocycles. The lowest BCUT2D eigenvalue weighted by molar-refractivity contribution is 0.507. The van der Waals surface area contributed by atoms with E-state index in [0.29, 0.717) is 0 Å². The van der Waals surface area contributed by atoms with E-state index in [2.05, 4.69) is 53.1 Å². The molecule has 0 spiro atoms. The molecule has 0 amide bonds. The van der Waals surface area contributed by atoms with Crippen LogP contribution in [-0.4, -0.2) is 25.9 Å². The first kappa shape index (κ1) is 14.8. The van der Waals surface area contributed by atoms with E-state index in [-0.39, 0.29) is 6.04 Å². The van der Waals surface area contributed by atoms with Crippen LogP contribution in [0.4, 0.5) is 0 Å². The van der Waals surface area contributed by atoms with Crippen LogP contribution in [0.2, 0.25) is 0 Å². The predicted molar refractivity (Wildman–Crippen MR) is 80.6 cm³/mol. The molecule has 2 aromatic rings. The third kappa shape index (κ3) is 3.28. The van der Waals surface area contributed by atoms with Gasteiger partial charge in [-0.1, -0.05) is 13.8 Å². The summed E-state index contributed by atoms with van der Waals surface area (Å²) in [6.07, 6.45) is 5.84. The third-order valence-electron chi connectivity index (χ3n) is 3.52. The lowest BCUT2D eigenvalue weighted by Gasteiger charge is -2.16. The zero-order chi connectivity index (χ0) is 14.5. The first-order valence-electron chi connectivity index (χ1n) is 7.44. The van der Waals surface area contributed by atoms with Crippen molar-refractivity contribution in [2.24, 2.45) is 7.05 Å². The van der Waals surface area contributed by atoms with Crippen LogP contribution >= 0.6 is 0 Å². The number of aromatic nitrogens is 4. The van der Waals surface area contributed by atoms with Crippen molar-refractivity contribution in [3.8, 4) is 0 Å². The van der Waals surface area contributed by atoms with Gasteiger partial charge in [-0.25, -0.2) is 4.98 Å². The number of likely N-dealkylation sites (N-methyl/N-ethyl adjacent to an activating group) is 1. The summed E-state index contributed by atoms with van der Waals surface area (Å²) in [4.78, 5) is 4.48. The van der Waals surface area contributed by atoms with E-state index in [1.54, 1.807) is 0 Å². The van der Waals surface area contributed by atoms with Crippen molar-refractivity contribution in [3.05, 3.63) is 35.7 Å². The van der Waals surface area contributed by atoms with E-state index in [1.807, 2.05) is 17.9 Å². The molecule has 0 aliphatic rings. The summed E-state index contributed by atoms with van der Waals surface area (Å²) in [5.41, 5.74) is 3.54. The summed E-state index contributed by atoms with van der Waals surface area (Å²) in [7, 11) is 2.00. The standard InChI is InChI=1S/C15H25N5/c1-5-12-8-13(20(7-3)18-12)9-14(16-6-2)15-10-19(4)11-17-15/h8,10-11,14,16H,5-7,9H2,1-4H3. The maximum Gasteiger partial charge on any atom is 0.0947 e. The van der Waals surface area contributed by atoms with Crippen molar-refractivity contribution in [1.29, 1.82) is 0 Å². The molecule has 1 atom stereocenters. The first-order chi connectivity index (χ1) is 9.67. The molecule has 5 heteroatoms. The molecule has 0 aromatic carbocycles. The van der Waals surface area contributed by atoms with E-state index < -0.39 is 0 Å². The Morgan fingerprint density at radius 3 is 2.65 bits per heavy atom. The van der Waals surface area contributed by atoms with Crippen LogP contribution in [-0.2, 0) is 26.4 Å². The molecule has 0 bridgehead atoms. The number of hydrogen-bond acceptors (Lipinski definition) is 3. The molecule has 2 rings (SSSR count). The molecule has 2 aromatic heterocycles. The van der Waals surface area contributed by atoms with Crippen molar-refractivity contribution >= 4 is 0 Å². The van der Waals surface area contributed by atoms with E-state index in [1.165, 1.54) is 5.69 Å². The minimum atomic E-state index is 0.243. The van der Waals surface area contributed by atoms with E-state index in [4.69, 9.17) is 0 Å². The Morgan fingerprint density at radius 2 is 2.10 bits per heavy atom. The molecule has 0 aliphatic heterocycles. The summed E-state index contributed by atoms with van der Waals surface area (Å²) in [6.45, 7) is 8.26. The quantitative estimate of drug-likeness (QED) is 0.841. The van der Waals surface area contributed by atoms with Crippen LogP contribution in [0.25, 0.3) is 0 Å². The number of imidazole rings is 1. The highest BCUT2D eigenvalue weighted by Crippen LogP contribution is 2.18. The lowest BCUT2D eigenvalue weighted by Crippen LogP contribution is -2.24. The van der Waals surface area contributed by atoms with Crippen LogP contribution in [0, 0.1) is 0 Å². The normalized spacial score (nSPS) is 12.8. The summed E-state index contributed by atoms with van der Waals surface area (Å²) < 4.78 is 4.10. The number of rotatable bonds is 7. The molecule has 5 nitrogen and oxygen atoms in total. The fraction of sp³-hybridized carbons (Fsp3) is 0.600. The minimum absolute atomic E-state index is 0.243. The summed E-state index contributed by atoms with van der Waals surface area (Å²) in [5, 5.41) is 8.14. The van der Waals surface area contributed by atoms with Crippen molar-refractivity contribution in [3.63, 3.8) is 0 Å². The Morgan fingerprint density at radius 1 is 1.30 bits per heavy atom. The van der Waals surface area contributed by atoms with Gasteiger partial charge in [-0.05, 0) is 26.0 Å². The Hall–Kier alpha value is -1.62. The molecule has 110 valence electrons. The zero-order valence-corrected chi connectivity index (χ0v) is 12.9. The number of nitrogens with one attached hydrogen (secondary N) is 1. The molecule has 1 N–H and O–H groups in total. The van der Waals surface area contributed by atoms with Gasteiger partial charge in [0.2, 0.25) is 0 Å². The van der Waals surface area contributed by atoms with Crippen molar-refractivity contribution < 1.29 is 0 Å². The second-order valence-electron chi connectivity index (χ2n) is 5.07. The number of nitrogens with zero attached hydrogens (tertiary/aromatic N) is 4. The maximum absolute atomic E-state index is 4.62. The molecular formula is C15H25N5. The molecule has 20 heavy (non-hydrogen) atoms. The van der Waals surface area contributed by atoms with Gasteiger partial charge in [-0.3, -0.25) is 4.68 Å². The molecule has 1 unspecified atom stereocenters. The first-order valence-corrected chi connectivity index (χ1v) is 7.44. The molecule has 0 aliphatic carbocycles. The Kier molecular flexibility index (Phi) is 4.95. The van der Waals surface area contributed by atoms with Crippen LogP contribution in [0.15, 0.2) is 18.6 Å². The summed E-state index contributed by atoms with van der Waals surface area (Å²) >= 11 is 0. The average molecular weight is 275 g/mol. The smallest absolute Gasteiger partial charge is 0.0947 e. The fourth-order valence-corrected chi connectivity index (χ4v) is 2.48. The topological polar surface area (TPSA) is 47.7 Å². The highest BCUT2D eigenvalue weighted by molar-refractivity contribution is 5.15. The van der Waals surface area contributed by atoms with Crippen LogP contribution in [0.3, 0.4) is 0 Å². The van der Waals surface area contributed by atoms with Crippen molar-refractivity contribution in [1.82, 2.24) is 24.6 Å². The van der Waals surface area contributed by atoms with Crippen LogP contribution in [0.5, 0.6) is 0 Å². The fourth-order valence-electron chi connectivity index (χ4n) is 2.48. The molecule has 0 fully saturated rings. The van der Waals surface area contributed by atoms with Crippen LogP contribution in [0.1, 0.15) is 43.9 Å². The number of hydrogen-bond donors (Lipinski definition) is 1. The van der Waals surface area contributed by atoms with Crippen LogP contribution < -0.4 is 5.32 Å². The van der Waals surface area contributed by atoms with Gasteiger partial charge in [-0.15, -0.1) is 0 Å². The molecular weight excluding hydrogens is 250 g/mol. The maximum atomic E-state index is 4.62. The van der Waals surface area contributed by atoms with Gasteiger partial charge < -0.3 is 9.88 Å². The highest BCUT2D eigenvalue weighted by Gasteiger charge is 2.17. The third-order valence-corrected chi connectivity index (χ3v) is 3.52. The second kappa shape index (κ2) is 6.70. The molecule has 2 heterocycles. The van der Waals surface area contributed by atoms with Gasteiger partial charge in [0.25, 0.3) is 0 Å². The molecule has 0 radical (unpaired) electrons. The Balaban J connectivity index is 2.21. The highest BCUT2D eigenvalue weighted by atomic mass is 15.3. The molecule has 0 saturated heterocycles. The van der Waals surface area contributed by atoms with Gasteiger partial charge in [0.15, 0.2) is 0 Å². The van der Waals surface area contributed by atoms with Gasteiger partial charge in [-0.2, -0.15) is 5.10 Å². The zero-order valence-electron chi connectivity index (χ0n) is 12.9. The lowest BCUT2D eigenvalue weighted by atomic mass is 10.1. The van der Waals surface area contributed by atoms with E-state index in [0.717, 1.165) is 37.3 Å². The van der Waals surface area contributed by atoms with Gasteiger partial charge in [0, 0.05) is 31.9 Å². The monoisotopic (exact) mass is 275 g/mol. The van der Waals surface area contributed by atoms with Gasteiger partial charge >= 0.3 is 0 Å². The minimum Gasteiger partial charge on any atom is -0.340 e. The largest absolute Gasteiger partial charge is 0.340 e. The summed E-state index contributed by atoms with van der Waals surface area (Å²) in [5.74, 6) is 0. The van der Waals surface area contributed by atoms with Gasteiger partial charge in [0.05, 0.1) is 23.8 Å². The average Bonchev–Trinajstić information content (AvgIpc) is 3.04. The Bertz CT molecular complexity index is 540. The second-order valence-corrected chi connectivity index (χ2v) is 5.07. The van der Waals surface area contributed by atoms with Crippen molar-refractivity contribution in [2.75, 3.05) is 6.54 Å². The van der Waals surface area contributed by atoms with Gasteiger partial charge in [0.1, 0.15) is 0 Å². The van der Waals surface area contributed by atoms with E-state index in [9.17, 15) is 0 Å². The van der Waals surface area contributed by atoms with Crippen molar-refractivity contribution in [2.45, 2.75) is 46.2 Å².